The summed E-state index contributed by atoms with van der Waals surface area (Å²) in [5, 5.41) is 6.87. The summed E-state index contributed by atoms with van der Waals surface area (Å²) in [5.41, 5.74) is 6.77. The molecule has 45 heavy (non-hydrogen) atoms. The first-order chi connectivity index (χ1) is 22.3. The van der Waals surface area contributed by atoms with Gasteiger partial charge >= 0.3 is 0 Å². The molecule has 0 bridgehead atoms. The first-order valence-corrected chi connectivity index (χ1v) is 15.0. The SMILES string of the molecule is c1ccc(-c2ccc3c(c2)oc2ccc(-c4nc(-c5ccccc5)nc(-c5ccc6ccc7ccccc7c6c5)n4)cc23)cc1. The van der Waals surface area contributed by atoms with Crippen molar-refractivity contribution < 1.29 is 4.42 Å². The van der Waals surface area contributed by atoms with Gasteiger partial charge in [0.25, 0.3) is 0 Å². The molecule has 0 N–H and O–H groups in total. The summed E-state index contributed by atoms with van der Waals surface area (Å²) < 4.78 is 6.31. The molecule has 2 aromatic heterocycles. The first-order valence-electron chi connectivity index (χ1n) is 15.0. The van der Waals surface area contributed by atoms with Gasteiger partial charge in [-0.2, -0.15) is 0 Å². The largest absolute Gasteiger partial charge is 0.456 e. The third kappa shape index (κ3) is 4.43. The van der Waals surface area contributed by atoms with Gasteiger partial charge in [0.05, 0.1) is 0 Å². The predicted octanol–water partition coefficient (Wildman–Crippen LogP) is 10.7. The molecule has 0 radical (unpaired) electrons. The molecule has 0 spiro atoms. The molecule has 9 rings (SSSR count). The zero-order valence-electron chi connectivity index (χ0n) is 24.2. The van der Waals surface area contributed by atoms with E-state index < -0.39 is 0 Å². The van der Waals surface area contributed by atoms with Gasteiger partial charge in [-0.15, -0.1) is 0 Å². The number of nitrogens with zero attached hydrogens (tertiary/aromatic N) is 3. The Kier molecular flexibility index (Phi) is 5.78. The van der Waals surface area contributed by atoms with Gasteiger partial charge in [0.2, 0.25) is 0 Å². The summed E-state index contributed by atoms with van der Waals surface area (Å²) >= 11 is 0. The highest BCUT2D eigenvalue weighted by Gasteiger charge is 2.16. The first kappa shape index (κ1) is 25.4. The standard InChI is InChI=1S/C41H25N3O/c1-3-9-26(10-4-1)30-19-21-34-36-24-32(20-22-37(36)45-38(34)25-30)41-43-39(29-12-5-2-6-13-29)42-40(44-41)31-18-17-28-16-15-27-11-7-8-14-33(27)35(28)23-31/h1-25H. The van der Waals surface area contributed by atoms with Crippen LogP contribution in [0.15, 0.2) is 156 Å². The van der Waals surface area contributed by atoms with Crippen LogP contribution in [0.25, 0.3) is 88.8 Å². The molecule has 0 saturated carbocycles. The van der Waals surface area contributed by atoms with E-state index >= 15 is 0 Å². The smallest absolute Gasteiger partial charge is 0.164 e. The minimum absolute atomic E-state index is 0.619. The van der Waals surface area contributed by atoms with Crippen LogP contribution in [-0.4, -0.2) is 15.0 Å². The second-order valence-corrected chi connectivity index (χ2v) is 11.3. The van der Waals surface area contributed by atoms with Crippen LogP contribution in [0.4, 0.5) is 0 Å². The van der Waals surface area contributed by atoms with Crippen molar-refractivity contribution in [3.8, 4) is 45.3 Å². The zero-order chi connectivity index (χ0) is 29.7. The number of fused-ring (bicyclic) bond motifs is 6. The molecule has 9 aromatic rings. The highest BCUT2D eigenvalue weighted by molar-refractivity contribution is 6.09. The fraction of sp³-hybridized carbons (Fsp3) is 0. The number of hydrogen-bond acceptors (Lipinski definition) is 4. The maximum absolute atomic E-state index is 6.31. The molecule has 0 atom stereocenters. The van der Waals surface area contributed by atoms with Crippen molar-refractivity contribution in [2.24, 2.45) is 0 Å². The Balaban J connectivity index is 1.21. The van der Waals surface area contributed by atoms with E-state index in [0.717, 1.165) is 49.8 Å². The average molecular weight is 576 g/mol. The molecule has 0 aliphatic carbocycles. The molecule has 0 saturated heterocycles. The molecule has 4 heteroatoms. The van der Waals surface area contributed by atoms with E-state index in [1.807, 2.05) is 48.5 Å². The van der Waals surface area contributed by atoms with Crippen molar-refractivity contribution >= 4 is 43.5 Å². The maximum Gasteiger partial charge on any atom is 0.164 e. The number of hydrogen-bond donors (Lipinski definition) is 0. The Morgan fingerprint density at radius 3 is 1.62 bits per heavy atom. The van der Waals surface area contributed by atoms with Crippen molar-refractivity contribution in [3.05, 3.63) is 152 Å². The second-order valence-electron chi connectivity index (χ2n) is 11.3. The van der Waals surface area contributed by atoms with E-state index in [1.165, 1.54) is 21.5 Å². The van der Waals surface area contributed by atoms with Crippen LogP contribution in [0.3, 0.4) is 0 Å². The molecule has 7 aromatic carbocycles. The third-order valence-corrected chi connectivity index (χ3v) is 8.51. The summed E-state index contributed by atoms with van der Waals surface area (Å²) in [6.45, 7) is 0. The van der Waals surface area contributed by atoms with Gasteiger partial charge in [0, 0.05) is 27.5 Å². The summed E-state index contributed by atoms with van der Waals surface area (Å²) in [5.74, 6) is 1.89. The van der Waals surface area contributed by atoms with Crippen molar-refractivity contribution in [1.82, 2.24) is 15.0 Å². The second kappa shape index (κ2) is 10.2. The molecule has 0 aliphatic heterocycles. The van der Waals surface area contributed by atoms with E-state index in [4.69, 9.17) is 19.4 Å². The van der Waals surface area contributed by atoms with Gasteiger partial charge < -0.3 is 4.42 Å². The van der Waals surface area contributed by atoms with Crippen LogP contribution in [0, 0.1) is 0 Å². The third-order valence-electron chi connectivity index (χ3n) is 8.51. The quantitative estimate of drug-likeness (QED) is 0.196. The van der Waals surface area contributed by atoms with E-state index in [-0.39, 0.29) is 0 Å². The average Bonchev–Trinajstić information content (AvgIpc) is 3.49. The lowest BCUT2D eigenvalue weighted by atomic mass is 10.00. The Morgan fingerprint density at radius 2 is 0.867 bits per heavy atom. The van der Waals surface area contributed by atoms with Crippen molar-refractivity contribution in [2.45, 2.75) is 0 Å². The summed E-state index contributed by atoms with van der Waals surface area (Å²) in [6, 6.07) is 52.3. The molecule has 0 fully saturated rings. The lowest BCUT2D eigenvalue weighted by molar-refractivity contribution is 0.669. The van der Waals surface area contributed by atoms with E-state index in [9.17, 15) is 0 Å². The van der Waals surface area contributed by atoms with Crippen LogP contribution in [0.5, 0.6) is 0 Å². The van der Waals surface area contributed by atoms with E-state index in [2.05, 4.69) is 103 Å². The number of rotatable bonds is 4. The molecule has 0 amide bonds. The van der Waals surface area contributed by atoms with Crippen LogP contribution < -0.4 is 0 Å². The van der Waals surface area contributed by atoms with Crippen molar-refractivity contribution in [3.63, 3.8) is 0 Å². The van der Waals surface area contributed by atoms with Gasteiger partial charge in [-0.1, -0.05) is 115 Å². The van der Waals surface area contributed by atoms with E-state index in [1.54, 1.807) is 0 Å². The Bertz CT molecular complexity index is 2540. The van der Waals surface area contributed by atoms with E-state index in [0.29, 0.717) is 17.5 Å². The topological polar surface area (TPSA) is 51.8 Å². The molecular weight excluding hydrogens is 550 g/mol. The van der Waals surface area contributed by atoms with Gasteiger partial charge in [-0.25, -0.2) is 15.0 Å². The molecule has 0 unspecified atom stereocenters. The maximum atomic E-state index is 6.31. The van der Waals surface area contributed by atoms with Gasteiger partial charge in [0.15, 0.2) is 17.5 Å². The monoisotopic (exact) mass is 575 g/mol. The van der Waals surface area contributed by atoms with Crippen LogP contribution in [0.2, 0.25) is 0 Å². The number of furan rings is 1. The highest BCUT2D eigenvalue weighted by atomic mass is 16.3. The van der Waals surface area contributed by atoms with Crippen molar-refractivity contribution in [2.75, 3.05) is 0 Å². The summed E-state index contributed by atoms with van der Waals surface area (Å²) in [6.07, 6.45) is 0. The molecule has 0 aliphatic rings. The van der Waals surface area contributed by atoms with Gasteiger partial charge in [-0.3, -0.25) is 0 Å². The lowest BCUT2D eigenvalue weighted by Gasteiger charge is -2.10. The fourth-order valence-corrected chi connectivity index (χ4v) is 6.22. The molecule has 210 valence electrons. The Morgan fingerprint density at radius 1 is 0.311 bits per heavy atom. The summed E-state index contributed by atoms with van der Waals surface area (Å²) in [4.78, 5) is 15.0. The van der Waals surface area contributed by atoms with Crippen LogP contribution in [0.1, 0.15) is 0 Å². The minimum Gasteiger partial charge on any atom is -0.456 e. The minimum atomic E-state index is 0.619. The lowest BCUT2D eigenvalue weighted by Crippen LogP contribution is -2.00. The Hall–Kier alpha value is -6.13. The van der Waals surface area contributed by atoms with Crippen LogP contribution in [-0.2, 0) is 0 Å². The zero-order valence-corrected chi connectivity index (χ0v) is 24.2. The number of benzene rings is 7. The van der Waals surface area contributed by atoms with Gasteiger partial charge in [-0.05, 0) is 69.1 Å². The molecule has 2 heterocycles. The van der Waals surface area contributed by atoms with Gasteiger partial charge in [0.1, 0.15) is 11.2 Å². The fourth-order valence-electron chi connectivity index (χ4n) is 6.22. The molecule has 4 nitrogen and oxygen atoms in total. The highest BCUT2D eigenvalue weighted by Crippen LogP contribution is 2.35. The predicted molar refractivity (Wildman–Crippen MR) is 184 cm³/mol. The molecular formula is C41H25N3O. The Labute approximate surface area is 259 Å². The van der Waals surface area contributed by atoms with Crippen LogP contribution >= 0.6 is 0 Å². The normalized spacial score (nSPS) is 11.6. The summed E-state index contributed by atoms with van der Waals surface area (Å²) in [7, 11) is 0. The van der Waals surface area contributed by atoms with Crippen molar-refractivity contribution in [1.29, 1.82) is 0 Å². The number of aromatic nitrogens is 3.